The number of esters is 1. The highest BCUT2D eigenvalue weighted by Gasteiger charge is 2.20. The maximum Gasteiger partial charge on any atom is 0.351 e. The van der Waals surface area contributed by atoms with Crippen LogP contribution in [0.15, 0.2) is 18.2 Å². The second-order valence-corrected chi connectivity index (χ2v) is 5.91. The van der Waals surface area contributed by atoms with E-state index in [9.17, 15) is 9.18 Å². The quantitative estimate of drug-likeness (QED) is 0.782. The number of halogens is 3. The molecule has 4 nitrogen and oxygen atoms in total. The van der Waals surface area contributed by atoms with E-state index in [2.05, 4.69) is 9.72 Å². The molecule has 0 atom stereocenters. The number of thiazole rings is 1. The van der Waals surface area contributed by atoms with Gasteiger partial charge in [0.25, 0.3) is 0 Å². The lowest BCUT2D eigenvalue weighted by Gasteiger charge is -2.16. The second-order valence-electron chi connectivity index (χ2n) is 4.16. The van der Waals surface area contributed by atoms with Gasteiger partial charge in [0.2, 0.25) is 0 Å². The van der Waals surface area contributed by atoms with Crippen molar-refractivity contribution in [1.29, 1.82) is 0 Å². The van der Waals surface area contributed by atoms with Crippen LogP contribution < -0.4 is 4.90 Å². The molecule has 0 unspecified atom stereocenters. The summed E-state index contributed by atoms with van der Waals surface area (Å²) in [5, 5.41) is 0.866. The summed E-state index contributed by atoms with van der Waals surface area (Å²) in [5.41, 5.74) is 0.354. The van der Waals surface area contributed by atoms with Crippen molar-refractivity contribution in [2.75, 3.05) is 19.1 Å². The zero-order valence-electron chi connectivity index (χ0n) is 11.2. The fourth-order valence-electron chi connectivity index (χ4n) is 1.66. The topological polar surface area (TPSA) is 42.4 Å². The molecule has 8 heteroatoms. The van der Waals surface area contributed by atoms with E-state index in [1.54, 1.807) is 18.0 Å². The lowest BCUT2D eigenvalue weighted by molar-refractivity contribution is 0.0606. The summed E-state index contributed by atoms with van der Waals surface area (Å²) in [6.07, 6.45) is 0. The SMILES string of the molecule is COC(=O)c1sc(N(C)Cc2c(F)cccc2Cl)nc1Cl. The molecule has 2 rings (SSSR count). The normalized spacial score (nSPS) is 10.5. The number of ether oxygens (including phenoxy) is 1. The van der Waals surface area contributed by atoms with Crippen molar-refractivity contribution < 1.29 is 13.9 Å². The first-order valence-electron chi connectivity index (χ1n) is 5.82. The molecule has 0 saturated carbocycles. The van der Waals surface area contributed by atoms with Crippen molar-refractivity contribution in [3.63, 3.8) is 0 Å². The molecule has 0 saturated heterocycles. The highest BCUT2D eigenvalue weighted by molar-refractivity contribution is 7.18. The summed E-state index contributed by atoms with van der Waals surface area (Å²) in [6.45, 7) is 0.204. The van der Waals surface area contributed by atoms with Crippen LogP contribution in [0.1, 0.15) is 15.2 Å². The molecular formula is C13H11Cl2FN2O2S. The Balaban J connectivity index is 2.25. The third-order valence-corrected chi connectivity index (χ3v) is 4.62. The third-order valence-electron chi connectivity index (χ3n) is 2.73. The van der Waals surface area contributed by atoms with Gasteiger partial charge in [-0.3, -0.25) is 0 Å². The van der Waals surface area contributed by atoms with Gasteiger partial charge < -0.3 is 9.64 Å². The van der Waals surface area contributed by atoms with Crippen molar-refractivity contribution in [3.8, 4) is 0 Å². The molecule has 0 radical (unpaired) electrons. The molecule has 0 amide bonds. The van der Waals surface area contributed by atoms with E-state index in [1.807, 2.05) is 0 Å². The molecule has 112 valence electrons. The van der Waals surface area contributed by atoms with E-state index in [0.29, 0.717) is 15.7 Å². The predicted octanol–water partition coefficient (Wildman–Crippen LogP) is 4.01. The second kappa shape index (κ2) is 6.60. The number of hydrogen-bond acceptors (Lipinski definition) is 5. The van der Waals surface area contributed by atoms with E-state index >= 15 is 0 Å². The van der Waals surface area contributed by atoms with E-state index in [-0.39, 0.29) is 16.6 Å². The van der Waals surface area contributed by atoms with Gasteiger partial charge in [0.05, 0.1) is 7.11 Å². The molecule has 2 aromatic rings. The minimum absolute atomic E-state index is 0.0633. The van der Waals surface area contributed by atoms with Gasteiger partial charge in [-0.2, -0.15) is 0 Å². The Hall–Kier alpha value is -1.37. The minimum atomic E-state index is -0.555. The number of aromatic nitrogens is 1. The number of benzene rings is 1. The van der Waals surface area contributed by atoms with E-state index in [4.69, 9.17) is 23.2 Å². The van der Waals surface area contributed by atoms with Gasteiger partial charge in [0.1, 0.15) is 5.82 Å². The van der Waals surface area contributed by atoms with Crippen molar-refractivity contribution in [2.24, 2.45) is 0 Å². The van der Waals surface area contributed by atoms with Crippen LogP contribution in [0.5, 0.6) is 0 Å². The van der Waals surface area contributed by atoms with E-state index < -0.39 is 11.8 Å². The van der Waals surface area contributed by atoms with Crippen molar-refractivity contribution in [3.05, 3.63) is 44.6 Å². The van der Waals surface area contributed by atoms with Crippen LogP contribution in [0.25, 0.3) is 0 Å². The molecule has 0 bridgehead atoms. The van der Waals surface area contributed by atoms with Gasteiger partial charge in [-0.1, -0.05) is 40.6 Å². The highest BCUT2D eigenvalue weighted by Crippen LogP contribution is 2.31. The summed E-state index contributed by atoms with van der Waals surface area (Å²) < 4.78 is 18.4. The van der Waals surface area contributed by atoms with E-state index in [0.717, 1.165) is 11.3 Å². The largest absolute Gasteiger partial charge is 0.465 e. The van der Waals surface area contributed by atoms with Crippen molar-refractivity contribution in [2.45, 2.75) is 6.54 Å². The fraction of sp³-hybridized carbons (Fsp3) is 0.231. The Morgan fingerprint density at radius 1 is 1.48 bits per heavy atom. The Morgan fingerprint density at radius 3 is 2.81 bits per heavy atom. The Bertz CT molecular complexity index is 658. The highest BCUT2D eigenvalue weighted by atomic mass is 35.5. The Kier molecular flexibility index (Phi) is 5.03. The van der Waals surface area contributed by atoms with Gasteiger partial charge in [0.15, 0.2) is 15.2 Å². The Morgan fingerprint density at radius 2 is 2.19 bits per heavy atom. The summed E-state index contributed by atoms with van der Waals surface area (Å²) in [6, 6.07) is 4.49. The van der Waals surface area contributed by atoms with Gasteiger partial charge >= 0.3 is 5.97 Å². The van der Waals surface area contributed by atoms with Gasteiger partial charge in [-0.15, -0.1) is 0 Å². The number of rotatable bonds is 4. The first kappa shape index (κ1) is 16.0. The van der Waals surface area contributed by atoms with Crippen LogP contribution in [0.3, 0.4) is 0 Å². The number of carbonyl (C=O) groups excluding carboxylic acids is 1. The summed E-state index contributed by atoms with van der Waals surface area (Å²) in [7, 11) is 2.97. The Labute approximate surface area is 135 Å². The average Bonchev–Trinajstić information content (AvgIpc) is 2.84. The number of methoxy groups -OCH3 is 1. The number of anilines is 1. The number of hydrogen-bond donors (Lipinski definition) is 0. The lowest BCUT2D eigenvalue weighted by atomic mass is 10.2. The van der Waals surface area contributed by atoms with Crippen LogP contribution in [0.2, 0.25) is 10.2 Å². The fourth-order valence-corrected chi connectivity index (χ4v) is 3.04. The first-order valence-corrected chi connectivity index (χ1v) is 7.40. The van der Waals surface area contributed by atoms with Crippen molar-refractivity contribution in [1.82, 2.24) is 4.98 Å². The maximum atomic E-state index is 13.8. The number of carbonyl (C=O) groups is 1. The maximum absolute atomic E-state index is 13.8. The molecule has 21 heavy (non-hydrogen) atoms. The van der Waals surface area contributed by atoms with Crippen LogP contribution >= 0.6 is 34.5 Å². The van der Waals surface area contributed by atoms with Crippen LogP contribution in [0.4, 0.5) is 9.52 Å². The van der Waals surface area contributed by atoms with Gasteiger partial charge in [-0.05, 0) is 12.1 Å². The molecule has 0 N–H and O–H groups in total. The average molecular weight is 349 g/mol. The van der Waals surface area contributed by atoms with Crippen LogP contribution in [0, 0.1) is 5.82 Å². The summed E-state index contributed by atoms with van der Waals surface area (Å²) in [4.78, 5) is 17.4. The lowest BCUT2D eigenvalue weighted by Crippen LogP contribution is -2.17. The standard InChI is InChI=1S/C13H11Cl2FN2O2S/c1-18(6-7-8(14)4-3-5-9(7)16)13-17-11(15)10(21-13)12(19)20-2/h3-5H,6H2,1-2H3. The third kappa shape index (κ3) is 3.45. The number of nitrogens with zero attached hydrogens (tertiary/aromatic N) is 2. The molecule has 0 fully saturated rings. The van der Waals surface area contributed by atoms with Gasteiger partial charge in [0, 0.05) is 24.2 Å². The molecular weight excluding hydrogens is 338 g/mol. The summed E-state index contributed by atoms with van der Waals surface area (Å²) >= 11 is 13.0. The molecule has 0 aliphatic carbocycles. The smallest absolute Gasteiger partial charge is 0.351 e. The molecule has 0 spiro atoms. The van der Waals surface area contributed by atoms with Crippen LogP contribution in [-0.2, 0) is 11.3 Å². The molecule has 0 aliphatic heterocycles. The van der Waals surface area contributed by atoms with Crippen molar-refractivity contribution >= 4 is 45.6 Å². The van der Waals surface area contributed by atoms with E-state index in [1.165, 1.54) is 19.2 Å². The molecule has 0 aliphatic rings. The van der Waals surface area contributed by atoms with Crippen LogP contribution in [-0.4, -0.2) is 25.1 Å². The molecule has 1 aromatic heterocycles. The monoisotopic (exact) mass is 348 g/mol. The predicted molar refractivity (Wildman–Crippen MR) is 82.0 cm³/mol. The summed E-state index contributed by atoms with van der Waals surface area (Å²) in [5.74, 6) is -0.953. The minimum Gasteiger partial charge on any atom is -0.465 e. The van der Waals surface area contributed by atoms with Gasteiger partial charge in [-0.25, -0.2) is 14.2 Å². The first-order chi connectivity index (χ1) is 9.93. The zero-order chi connectivity index (χ0) is 15.6. The zero-order valence-corrected chi connectivity index (χ0v) is 13.5. The molecule has 1 aromatic carbocycles. The molecule has 1 heterocycles.